The molecule has 2 aliphatic heterocycles. The van der Waals surface area contributed by atoms with Gasteiger partial charge < -0.3 is 10.4 Å². The average Bonchev–Trinajstić information content (AvgIpc) is 2.63. The van der Waals surface area contributed by atoms with Crippen molar-refractivity contribution >= 4 is 18.4 Å². The molecule has 13 heavy (non-hydrogen) atoms. The van der Waals surface area contributed by atoms with Gasteiger partial charge >= 0.3 is 5.97 Å². The highest BCUT2D eigenvalue weighted by Crippen LogP contribution is 2.64. The Balaban J connectivity index is 0.000000653. The average molecular weight is 204 g/mol. The number of carboxylic acid groups (broad SMARTS) is 1. The van der Waals surface area contributed by atoms with Crippen LogP contribution in [0.3, 0.4) is 0 Å². The van der Waals surface area contributed by atoms with Crippen molar-refractivity contribution in [2.45, 2.75) is 31.2 Å². The quantitative estimate of drug-likeness (QED) is 0.705. The van der Waals surface area contributed by atoms with Crippen molar-refractivity contribution in [3.63, 3.8) is 0 Å². The molecule has 4 aliphatic rings. The summed E-state index contributed by atoms with van der Waals surface area (Å²) >= 11 is 0. The molecule has 0 aromatic heterocycles. The van der Waals surface area contributed by atoms with Crippen molar-refractivity contribution < 1.29 is 9.90 Å². The molecule has 74 valence electrons. The lowest BCUT2D eigenvalue weighted by Crippen LogP contribution is -2.54. The van der Waals surface area contributed by atoms with Crippen LogP contribution < -0.4 is 5.32 Å². The maximum atomic E-state index is 10.9. The lowest BCUT2D eigenvalue weighted by molar-refractivity contribution is -0.149. The molecule has 0 unspecified atom stereocenters. The number of aliphatic carboxylic acids is 1. The number of hydrogen-bond acceptors (Lipinski definition) is 2. The van der Waals surface area contributed by atoms with E-state index in [2.05, 4.69) is 5.32 Å². The Morgan fingerprint density at radius 2 is 2.00 bits per heavy atom. The maximum absolute atomic E-state index is 10.9. The summed E-state index contributed by atoms with van der Waals surface area (Å²) in [5.41, 5.74) is -0.110. The molecule has 2 bridgehead atoms. The molecule has 2 N–H and O–H groups in total. The summed E-state index contributed by atoms with van der Waals surface area (Å²) in [5, 5.41) is 12.1. The van der Waals surface area contributed by atoms with Gasteiger partial charge in [0.25, 0.3) is 0 Å². The van der Waals surface area contributed by atoms with Crippen LogP contribution >= 0.6 is 12.4 Å². The Hall–Kier alpha value is -0.280. The van der Waals surface area contributed by atoms with E-state index in [1.54, 1.807) is 0 Å². The molecule has 2 aliphatic carbocycles. The van der Waals surface area contributed by atoms with E-state index in [-0.39, 0.29) is 12.4 Å². The Morgan fingerprint density at radius 3 is 2.38 bits per heavy atom. The zero-order chi connectivity index (χ0) is 8.40. The fourth-order valence-corrected chi connectivity index (χ4v) is 3.10. The SMILES string of the molecule is Cl.O=C(O)C12CC(C3CC3)(CN1)C2. The van der Waals surface area contributed by atoms with Gasteiger partial charge in [-0.2, -0.15) is 0 Å². The van der Waals surface area contributed by atoms with E-state index in [0.717, 1.165) is 25.3 Å². The van der Waals surface area contributed by atoms with Crippen LogP contribution in [0.1, 0.15) is 25.7 Å². The molecule has 2 saturated heterocycles. The van der Waals surface area contributed by atoms with Crippen LogP contribution in [-0.4, -0.2) is 23.2 Å². The number of carbonyl (C=O) groups is 1. The second kappa shape index (κ2) is 2.39. The number of rotatable bonds is 2. The molecule has 0 amide bonds. The minimum atomic E-state index is -0.642. The Bertz CT molecular complexity index is 256. The first kappa shape index (κ1) is 9.28. The number of hydrogen-bond donors (Lipinski definition) is 2. The van der Waals surface area contributed by atoms with E-state index in [0.29, 0.717) is 5.41 Å². The van der Waals surface area contributed by atoms with Crippen molar-refractivity contribution in [3.8, 4) is 0 Å². The molecule has 0 aromatic carbocycles. The molecule has 4 fully saturated rings. The third-order valence-corrected chi connectivity index (χ3v) is 3.94. The molecule has 0 aromatic rings. The minimum absolute atomic E-state index is 0. The van der Waals surface area contributed by atoms with Crippen LogP contribution in [0.2, 0.25) is 0 Å². The lowest BCUT2D eigenvalue weighted by Gasteiger charge is -2.43. The summed E-state index contributed by atoms with van der Waals surface area (Å²) in [6.45, 7) is 0.948. The molecule has 4 rings (SSSR count). The summed E-state index contributed by atoms with van der Waals surface area (Å²) in [5.74, 6) is 0.205. The Labute approximate surface area is 83.3 Å². The number of nitrogens with one attached hydrogen (secondary N) is 1. The van der Waals surface area contributed by atoms with Gasteiger partial charge in [-0.25, -0.2) is 0 Å². The second-order valence-electron chi connectivity index (χ2n) is 4.73. The van der Waals surface area contributed by atoms with E-state index < -0.39 is 11.5 Å². The van der Waals surface area contributed by atoms with Gasteiger partial charge in [-0.05, 0) is 37.0 Å². The molecule has 2 heterocycles. The lowest BCUT2D eigenvalue weighted by atomic mass is 9.59. The fourth-order valence-electron chi connectivity index (χ4n) is 3.10. The van der Waals surface area contributed by atoms with Gasteiger partial charge in [0.05, 0.1) is 0 Å². The van der Waals surface area contributed by atoms with Gasteiger partial charge in [0.15, 0.2) is 0 Å². The molecule has 0 spiro atoms. The van der Waals surface area contributed by atoms with Crippen molar-refractivity contribution in [1.29, 1.82) is 0 Å². The topological polar surface area (TPSA) is 49.3 Å². The second-order valence-corrected chi connectivity index (χ2v) is 4.73. The molecule has 0 atom stereocenters. The number of carboxylic acids is 1. The highest BCUT2D eigenvalue weighted by molar-refractivity contribution is 5.85. The van der Waals surface area contributed by atoms with Crippen LogP contribution in [0, 0.1) is 11.3 Å². The van der Waals surface area contributed by atoms with E-state index in [9.17, 15) is 4.79 Å². The van der Waals surface area contributed by atoms with Crippen molar-refractivity contribution in [1.82, 2.24) is 5.32 Å². The van der Waals surface area contributed by atoms with Crippen molar-refractivity contribution in [3.05, 3.63) is 0 Å². The largest absolute Gasteiger partial charge is 0.480 e. The molecule has 2 saturated carbocycles. The van der Waals surface area contributed by atoms with Crippen LogP contribution in [-0.2, 0) is 4.79 Å². The van der Waals surface area contributed by atoms with Gasteiger partial charge in [0.1, 0.15) is 5.54 Å². The minimum Gasteiger partial charge on any atom is -0.480 e. The van der Waals surface area contributed by atoms with E-state index in [1.807, 2.05) is 0 Å². The van der Waals surface area contributed by atoms with Gasteiger partial charge in [0, 0.05) is 6.54 Å². The first-order valence-electron chi connectivity index (χ1n) is 4.65. The van der Waals surface area contributed by atoms with Crippen LogP contribution in [0.4, 0.5) is 0 Å². The van der Waals surface area contributed by atoms with Crippen LogP contribution in [0.5, 0.6) is 0 Å². The summed E-state index contributed by atoms with van der Waals surface area (Å²) in [6, 6.07) is 0. The molecule has 4 heteroatoms. The molecular weight excluding hydrogens is 190 g/mol. The fraction of sp³-hybridized carbons (Fsp3) is 0.889. The van der Waals surface area contributed by atoms with Crippen LogP contribution in [0.25, 0.3) is 0 Å². The zero-order valence-electron chi connectivity index (χ0n) is 7.38. The summed E-state index contributed by atoms with van der Waals surface area (Å²) in [6.07, 6.45) is 4.44. The molecule has 3 nitrogen and oxygen atoms in total. The predicted molar refractivity (Wildman–Crippen MR) is 50.0 cm³/mol. The van der Waals surface area contributed by atoms with E-state index >= 15 is 0 Å². The van der Waals surface area contributed by atoms with E-state index in [1.165, 1.54) is 12.8 Å². The maximum Gasteiger partial charge on any atom is 0.323 e. The monoisotopic (exact) mass is 203 g/mol. The zero-order valence-corrected chi connectivity index (χ0v) is 8.19. The highest BCUT2D eigenvalue weighted by atomic mass is 35.5. The van der Waals surface area contributed by atoms with Gasteiger partial charge in [0.2, 0.25) is 0 Å². The number of fused-ring (bicyclic) bond motifs is 1. The summed E-state index contributed by atoms with van der Waals surface area (Å²) in [7, 11) is 0. The predicted octanol–water partition coefficient (Wildman–Crippen LogP) is 1.02. The Kier molecular flexibility index (Phi) is 1.71. The third kappa shape index (κ3) is 0.974. The van der Waals surface area contributed by atoms with Crippen LogP contribution in [0.15, 0.2) is 0 Å². The first-order valence-corrected chi connectivity index (χ1v) is 4.65. The first-order chi connectivity index (χ1) is 5.67. The molecular formula is C9H14ClNO2. The molecule has 0 radical (unpaired) electrons. The summed E-state index contributed by atoms with van der Waals surface area (Å²) in [4.78, 5) is 10.9. The van der Waals surface area contributed by atoms with Crippen molar-refractivity contribution in [2.75, 3.05) is 6.54 Å². The van der Waals surface area contributed by atoms with Gasteiger partial charge in [-0.1, -0.05) is 0 Å². The summed E-state index contributed by atoms with van der Waals surface area (Å²) < 4.78 is 0. The highest BCUT2D eigenvalue weighted by Gasteiger charge is 2.68. The van der Waals surface area contributed by atoms with Gasteiger partial charge in [-0.3, -0.25) is 4.79 Å². The normalized spacial score (nSPS) is 46.5. The third-order valence-electron chi connectivity index (χ3n) is 3.94. The number of halogens is 1. The van der Waals surface area contributed by atoms with E-state index in [4.69, 9.17) is 5.11 Å². The van der Waals surface area contributed by atoms with Crippen molar-refractivity contribution in [2.24, 2.45) is 11.3 Å². The Morgan fingerprint density at radius 1 is 1.38 bits per heavy atom. The van der Waals surface area contributed by atoms with Gasteiger partial charge in [-0.15, -0.1) is 12.4 Å². The standard InChI is InChI=1S/C9H13NO2.ClH/c11-7(12)9-3-8(4-9,5-10-9)6-1-2-6;/h6,10H,1-5H2,(H,11,12);1H. The smallest absolute Gasteiger partial charge is 0.323 e.